The zero-order valence-electron chi connectivity index (χ0n) is 19.4. The molecule has 3 aromatic rings. The highest BCUT2D eigenvalue weighted by molar-refractivity contribution is 7.99. The van der Waals surface area contributed by atoms with E-state index in [0.717, 1.165) is 35.1 Å². The van der Waals surface area contributed by atoms with E-state index >= 15 is 0 Å². The number of carbonyl (C=O) groups excluding carboxylic acids is 1. The molecule has 0 bridgehead atoms. The number of hydrogen-bond donors (Lipinski definition) is 0. The van der Waals surface area contributed by atoms with Gasteiger partial charge in [0, 0.05) is 6.42 Å². The molecular formula is C25H30N6OS. The number of rotatable bonds is 9. The Kier molecular flexibility index (Phi) is 7.57. The Hall–Kier alpha value is -2.97. The van der Waals surface area contributed by atoms with Gasteiger partial charge in [-0.15, -0.1) is 10.2 Å². The number of nitrogens with zero attached hydrogens (tertiary/aromatic N) is 6. The summed E-state index contributed by atoms with van der Waals surface area (Å²) < 4.78 is 2.14. The van der Waals surface area contributed by atoms with Crippen molar-refractivity contribution in [3.8, 4) is 0 Å². The summed E-state index contributed by atoms with van der Waals surface area (Å²) >= 11 is 1.43. The number of hydrazone groups is 1. The molecule has 1 aromatic heterocycles. The summed E-state index contributed by atoms with van der Waals surface area (Å²) in [6.45, 7) is 3.44. The molecule has 0 spiro atoms. The predicted octanol–water partition coefficient (Wildman–Crippen LogP) is 4.07. The lowest BCUT2D eigenvalue weighted by molar-refractivity contribution is -0.127. The SMILES string of the molecule is CCC(c1nnc(SCC(=O)N2CCC(c3ccccc3)=N2)n1Cc1ccccc1)N(C)C. The Labute approximate surface area is 199 Å². The Morgan fingerprint density at radius 3 is 2.42 bits per heavy atom. The van der Waals surface area contributed by atoms with Crippen molar-refractivity contribution in [1.82, 2.24) is 24.7 Å². The fraction of sp³-hybridized carbons (Fsp3) is 0.360. The minimum atomic E-state index is -0.0126. The van der Waals surface area contributed by atoms with Gasteiger partial charge in [0.15, 0.2) is 11.0 Å². The van der Waals surface area contributed by atoms with E-state index in [9.17, 15) is 4.79 Å². The van der Waals surface area contributed by atoms with Gasteiger partial charge in [0.05, 0.1) is 30.6 Å². The predicted molar refractivity (Wildman–Crippen MR) is 132 cm³/mol. The number of benzene rings is 2. The number of aromatic nitrogens is 3. The van der Waals surface area contributed by atoms with E-state index in [1.165, 1.54) is 17.3 Å². The first-order chi connectivity index (χ1) is 16.1. The number of carbonyl (C=O) groups is 1. The van der Waals surface area contributed by atoms with Crippen LogP contribution in [0, 0.1) is 0 Å². The van der Waals surface area contributed by atoms with Crippen molar-refractivity contribution < 1.29 is 4.79 Å². The number of amides is 1. The van der Waals surface area contributed by atoms with E-state index in [-0.39, 0.29) is 17.7 Å². The van der Waals surface area contributed by atoms with Crippen molar-refractivity contribution in [2.45, 2.75) is 37.5 Å². The molecular weight excluding hydrogens is 432 g/mol. The molecule has 1 aliphatic heterocycles. The van der Waals surface area contributed by atoms with Gasteiger partial charge in [0.25, 0.3) is 5.91 Å². The van der Waals surface area contributed by atoms with Crippen LogP contribution in [0.4, 0.5) is 0 Å². The van der Waals surface area contributed by atoms with Crippen LogP contribution in [0.1, 0.15) is 42.8 Å². The average Bonchev–Trinajstić information content (AvgIpc) is 3.48. The largest absolute Gasteiger partial charge is 0.300 e. The molecule has 2 aromatic carbocycles. The Morgan fingerprint density at radius 2 is 1.76 bits per heavy atom. The molecule has 0 radical (unpaired) electrons. The first kappa shape index (κ1) is 23.2. The van der Waals surface area contributed by atoms with Gasteiger partial charge in [-0.1, -0.05) is 79.3 Å². The molecule has 0 fully saturated rings. The standard InChI is InChI=1S/C25H30N6OS/c1-4-22(29(2)3)24-26-27-25(30(24)17-19-11-7-5-8-12-19)33-18-23(32)31-16-15-21(28-31)20-13-9-6-10-14-20/h5-14,22H,4,15-18H2,1-3H3. The first-order valence-electron chi connectivity index (χ1n) is 11.3. The molecule has 2 heterocycles. The molecule has 0 N–H and O–H groups in total. The van der Waals surface area contributed by atoms with Gasteiger partial charge in [-0.2, -0.15) is 5.10 Å². The molecule has 1 atom stereocenters. The summed E-state index contributed by atoms with van der Waals surface area (Å²) in [5, 5.41) is 15.9. The van der Waals surface area contributed by atoms with Crippen LogP contribution in [-0.2, 0) is 11.3 Å². The normalized spacial score (nSPS) is 14.5. The van der Waals surface area contributed by atoms with E-state index in [0.29, 0.717) is 13.1 Å². The maximum absolute atomic E-state index is 12.9. The van der Waals surface area contributed by atoms with E-state index in [2.05, 4.69) is 57.9 Å². The third-order valence-electron chi connectivity index (χ3n) is 5.76. The van der Waals surface area contributed by atoms with E-state index in [1.54, 1.807) is 5.01 Å². The molecule has 4 rings (SSSR count). The smallest absolute Gasteiger partial charge is 0.253 e. The lowest BCUT2D eigenvalue weighted by Crippen LogP contribution is -2.25. The molecule has 172 valence electrons. The molecule has 8 heteroatoms. The number of hydrogen-bond acceptors (Lipinski definition) is 6. The van der Waals surface area contributed by atoms with Crippen molar-refractivity contribution in [3.05, 3.63) is 77.6 Å². The van der Waals surface area contributed by atoms with Crippen LogP contribution in [-0.4, -0.2) is 62.7 Å². The second kappa shape index (κ2) is 10.8. The van der Waals surface area contributed by atoms with Gasteiger partial charge in [-0.3, -0.25) is 9.69 Å². The van der Waals surface area contributed by atoms with Crippen LogP contribution >= 0.6 is 11.8 Å². The van der Waals surface area contributed by atoms with Gasteiger partial charge in [-0.25, -0.2) is 5.01 Å². The molecule has 7 nitrogen and oxygen atoms in total. The quantitative estimate of drug-likeness (QED) is 0.449. The fourth-order valence-corrected chi connectivity index (χ4v) is 4.83. The summed E-state index contributed by atoms with van der Waals surface area (Å²) in [5.74, 6) is 1.19. The lowest BCUT2D eigenvalue weighted by atomic mass is 10.1. The lowest BCUT2D eigenvalue weighted by Gasteiger charge is -2.23. The summed E-state index contributed by atoms with van der Waals surface area (Å²) in [4.78, 5) is 15.1. The van der Waals surface area contributed by atoms with Crippen LogP contribution in [0.2, 0.25) is 0 Å². The number of thioether (sulfide) groups is 1. The second-order valence-electron chi connectivity index (χ2n) is 8.27. The first-order valence-corrected chi connectivity index (χ1v) is 12.2. The molecule has 0 saturated carbocycles. The van der Waals surface area contributed by atoms with E-state index < -0.39 is 0 Å². The topological polar surface area (TPSA) is 66.6 Å². The summed E-state index contributed by atoms with van der Waals surface area (Å²) in [6.07, 6.45) is 1.70. The minimum Gasteiger partial charge on any atom is -0.300 e. The zero-order chi connectivity index (χ0) is 23.2. The van der Waals surface area contributed by atoms with Crippen LogP contribution in [0.25, 0.3) is 0 Å². The van der Waals surface area contributed by atoms with Crippen molar-refractivity contribution in [1.29, 1.82) is 0 Å². The molecule has 33 heavy (non-hydrogen) atoms. The monoisotopic (exact) mass is 462 g/mol. The van der Waals surface area contributed by atoms with Crippen LogP contribution in [0.3, 0.4) is 0 Å². The maximum Gasteiger partial charge on any atom is 0.253 e. The van der Waals surface area contributed by atoms with Crippen molar-refractivity contribution in [3.63, 3.8) is 0 Å². The van der Waals surface area contributed by atoms with E-state index in [1.807, 2.05) is 48.5 Å². The molecule has 1 unspecified atom stereocenters. The maximum atomic E-state index is 12.9. The summed E-state index contributed by atoms with van der Waals surface area (Å²) in [6, 6.07) is 20.5. The van der Waals surface area contributed by atoms with E-state index in [4.69, 9.17) is 0 Å². The van der Waals surface area contributed by atoms with Gasteiger partial charge < -0.3 is 4.57 Å². The Balaban J connectivity index is 1.50. The molecule has 1 aliphatic rings. The summed E-state index contributed by atoms with van der Waals surface area (Å²) in [5.41, 5.74) is 3.21. The summed E-state index contributed by atoms with van der Waals surface area (Å²) in [7, 11) is 4.11. The fourth-order valence-electron chi connectivity index (χ4n) is 4.02. The molecule has 1 amide bonds. The third-order valence-corrected chi connectivity index (χ3v) is 6.71. The van der Waals surface area contributed by atoms with Crippen molar-refractivity contribution >= 4 is 23.4 Å². The Bertz CT molecular complexity index is 1100. The third kappa shape index (κ3) is 5.51. The average molecular weight is 463 g/mol. The van der Waals surface area contributed by atoms with Crippen molar-refractivity contribution in [2.24, 2.45) is 5.10 Å². The van der Waals surface area contributed by atoms with Gasteiger partial charge in [-0.05, 0) is 31.6 Å². The van der Waals surface area contributed by atoms with Gasteiger partial charge in [0.1, 0.15) is 0 Å². The highest BCUT2D eigenvalue weighted by Gasteiger charge is 2.25. The van der Waals surface area contributed by atoms with Crippen LogP contribution in [0.15, 0.2) is 70.9 Å². The molecule has 0 aliphatic carbocycles. The second-order valence-corrected chi connectivity index (χ2v) is 9.21. The van der Waals surface area contributed by atoms with Crippen LogP contribution < -0.4 is 0 Å². The van der Waals surface area contributed by atoms with Crippen molar-refractivity contribution in [2.75, 3.05) is 26.4 Å². The zero-order valence-corrected chi connectivity index (χ0v) is 20.2. The highest BCUT2D eigenvalue weighted by atomic mass is 32.2. The minimum absolute atomic E-state index is 0.0126. The molecule has 0 saturated heterocycles. The Morgan fingerprint density at radius 1 is 1.06 bits per heavy atom. The highest BCUT2D eigenvalue weighted by Crippen LogP contribution is 2.27. The van der Waals surface area contributed by atoms with Gasteiger partial charge in [0.2, 0.25) is 0 Å². The van der Waals surface area contributed by atoms with Crippen LogP contribution in [0.5, 0.6) is 0 Å². The van der Waals surface area contributed by atoms with Gasteiger partial charge >= 0.3 is 0 Å².